The van der Waals surface area contributed by atoms with Crippen LogP contribution in [0.25, 0.3) is 0 Å². The molecule has 31 valence electrons. The fourth-order valence-electron chi connectivity index (χ4n) is 0. The third kappa shape index (κ3) is 8.82. The van der Waals surface area contributed by atoms with Gasteiger partial charge in [-0.2, -0.15) is 0 Å². The van der Waals surface area contributed by atoms with Gasteiger partial charge >= 0.3 is 43.7 Å². The third-order valence-electron chi connectivity index (χ3n) is 0. The molecule has 0 saturated carbocycles. The van der Waals surface area contributed by atoms with Gasteiger partial charge in [0.1, 0.15) is 0 Å². The van der Waals surface area contributed by atoms with Crippen LogP contribution < -0.4 is 0 Å². The van der Waals surface area contributed by atoms with Crippen LogP contribution >= 0.6 is 0 Å². The van der Waals surface area contributed by atoms with Crippen molar-refractivity contribution < 1.29 is 17.1 Å². The normalized spacial score (nSPS) is 0. The second-order valence-corrected chi connectivity index (χ2v) is 0. The summed E-state index contributed by atoms with van der Waals surface area (Å²) in [5, 5.41) is 0. The fraction of sp³-hybridized carbons (Fsp3) is 0. The molecule has 0 aliphatic rings. The number of rotatable bonds is 0. The van der Waals surface area contributed by atoms with Crippen molar-refractivity contribution in [2.75, 3.05) is 0 Å². The summed E-state index contributed by atoms with van der Waals surface area (Å²) < 4.78 is 0. The van der Waals surface area contributed by atoms with Crippen LogP contribution in [0, 0.1) is 0 Å². The van der Waals surface area contributed by atoms with Gasteiger partial charge in [0.05, 0.1) is 0 Å². The van der Waals surface area contributed by atoms with Crippen molar-refractivity contribution >= 4 is 61.1 Å². The summed E-state index contributed by atoms with van der Waals surface area (Å²) >= 11 is 0. The van der Waals surface area contributed by atoms with E-state index in [1.807, 2.05) is 0 Å². The van der Waals surface area contributed by atoms with E-state index in [0.29, 0.717) is 0 Å². The number of hydrogen-bond donors (Lipinski definition) is 0. The molecule has 0 aliphatic heterocycles. The van der Waals surface area contributed by atoms with Gasteiger partial charge in [-0.05, 0) is 0 Å². The molecule has 0 heterocycles. The van der Waals surface area contributed by atoms with Crippen molar-refractivity contribution in [3.8, 4) is 0 Å². The van der Waals surface area contributed by atoms with Gasteiger partial charge < -0.3 is 0 Å². The first kappa shape index (κ1) is 31.6. The van der Waals surface area contributed by atoms with Crippen LogP contribution in [0.5, 0.6) is 0 Å². The molecule has 4 heteroatoms. The standard InChI is InChI=1S/Al.Cu.Ga.Sn.10H. The van der Waals surface area contributed by atoms with E-state index in [-0.39, 0.29) is 78.1 Å². The van der Waals surface area contributed by atoms with Crippen LogP contribution in [0.3, 0.4) is 0 Å². The third-order valence-corrected chi connectivity index (χ3v) is 0. The first-order valence-electron chi connectivity index (χ1n) is 0. The van der Waals surface area contributed by atoms with Crippen LogP contribution in [0.1, 0.15) is 0 Å². The first-order chi connectivity index (χ1) is 0. The van der Waals surface area contributed by atoms with E-state index in [1.165, 1.54) is 0 Å². The van der Waals surface area contributed by atoms with E-state index in [9.17, 15) is 0 Å². The molecule has 0 atom stereocenters. The molecule has 0 rings (SSSR count). The molecule has 0 aromatic carbocycles. The van der Waals surface area contributed by atoms with Crippen molar-refractivity contribution in [1.29, 1.82) is 0 Å². The van der Waals surface area contributed by atoms with Crippen LogP contribution in [0.4, 0.5) is 0 Å². The second kappa shape index (κ2) is 17.9. The zero-order valence-electron chi connectivity index (χ0n) is 0.302. The molecular weight excluding hydrogens is 279 g/mol. The van der Waals surface area contributed by atoms with Crippen molar-refractivity contribution in [3.05, 3.63) is 0 Å². The Bertz CT molecular complexity index is 8.00. The van der Waals surface area contributed by atoms with Gasteiger partial charge in [-0.25, -0.2) is 0 Å². The summed E-state index contributed by atoms with van der Waals surface area (Å²) in [4.78, 5) is 0. The molecule has 0 aromatic rings. The minimum atomic E-state index is 0. The van der Waals surface area contributed by atoms with Gasteiger partial charge in [-0.3, -0.25) is 0 Å². The molecule has 0 spiro atoms. The van der Waals surface area contributed by atoms with Gasteiger partial charge in [-0.1, -0.05) is 0 Å². The van der Waals surface area contributed by atoms with E-state index >= 15 is 0 Å². The van der Waals surface area contributed by atoms with Crippen LogP contribution in [-0.2, 0) is 17.1 Å². The van der Waals surface area contributed by atoms with E-state index in [1.54, 1.807) is 0 Å². The minimum absolute atomic E-state index is 0. The SMILES string of the molecule is [AlH3].[Cu].[GaH3].[SnH4]. The Hall–Kier alpha value is 2.49. The molecule has 0 aliphatic carbocycles. The Morgan fingerprint density at radius 3 is 1.00 bits per heavy atom. The Balaban J connectivity index is 0. The molecule has 0 saturated heterocycles. The van der Waals surface area contributed by atoms with E-state index in [2.05, 4.69) is 0 Å². The fourth-order valence-corrected chi connectivity index (χ4v) is 0. The Kier molecular flexibility index (Phi) is 141. The zero-order chi connectivity index (χ0) is 0. The summed E-state index contributed by atoms with van der Waals surface area (Å²) in [6, 6.07) is 0. The second-order valence-electron chi connectivity index (χ2n) is 0. The van der Waals surface area contributed by atoms with E-state index < -0.39 is 0 Å². The predicted molar refractivity (Wildman–Crippen MR) is 31.2 cm³/mol. The Morgan fingerprint density at radius 2 is 1.00 bits per heavy atom. The first-order valence-corrected chi connectivity index (χ1v) is 0. The summed E-state index contributed by atoms with van der Waals surface area (Å²) in [5.74, 6) is 0. The van der Waals surface area contributed by atoms with Crippen molar-refractivity contribution in [1.82, 2.24) is 0 Å². The van der Waals surface area contributed by atoms with Crippen LogP contribution in [0.2, 0.25) is 0 Å². The molecule has 4 heavy (non-hydrogen) atoms. The average Bonchev–Trinajstić information content (AvgIpc) is 0. The van der Waals surface area contributed by atoms with Gasteiger partial charge in [0.2, 0.25) is 0 Å². The molecule has 0 nitrogen and oxygen atoms in total. The molecule has 0 aromatic heterocycles. The van der Waals surface area contributed by atoms with Gasteiger partial charge in [0.25, 0.3) is 0 Å². The van der Waals surface area contributed by atoms with Crippen molar-refractivity contribution in [3.63, 3.8) is 0 Å². The van der Waals surface area contributed by atoms with Crippen LogP contribution in [-0.4, -0.2) is 61.1 Å². The van der Waals surface area contributed by atoms with Crippen LogP contribution in [0.15, 0.2) is 0 Å². The van der Waals surface area contributed by atoms with Gasteiger partial charge in [0.15, 0.2) is 17.4 Å². The maximum atomic E-state index is 0. The predicted octanol–water partition coefficient (Wildman–Crippen LogP) is -3.82. The van der Waals surface area contributed by atoms with E-state index in [4.69, 9.17) is 0 Å². The molecule has 0 unspecified atom stereocenters. The molecular formula is H10AlCuGaSn. The summed E-state index contributed by atoms with van der Waals surface area (Å²) in [5.41, 5.74) is 0. The average molecular weight is 289 g/mol. The summed E-state index contributed by atoms with van der Waals surface area (Å²) in [6.07, 6.45) is 0. The van der Waals surface area contributed by atoms with E-state index in [0.717, 1.165) is 0 Å². The van der Waals surface area contributed by atoms with Crippen molar-refractivity contribution in [2.45, 2.75) is 0 Å². The molecule has 0 N–H and O–H groups in total. The zero-order valence-corrected chi connectivity index (χ0v) is 1.24. The maximum absolute atomic E-state index is 0. The van der Waals surface area contributed by atoms with Gasteiger partial charge in [-0.15, -0.1) is 0 Å². The van der Waals surface area contributed by atoms with Gasteiger partial charge in [0, 0.05) is 17.1 Å². The molecule has 0 fully saturated rings. The Morgan fingerprint density at radius 1 is 1.00 bits per heavy atom. The van der Waals surface area contributed by atoms with Crippen molar-refractivity contribution in [2.24, 2.45) is 0 Å². The molecule has 1 radical (unpaired) electrons. The summed E-state index contributed by atoms with van der Waals surface area (Å²) in [7, 11) is 0. The number of hydrogen-bond acceptors (Lipinski definition) is 0. The monoisotopic (exact) mass is 289 g/mol. The Labute approximate surface area is 77.1 Å². The molecule has 0 amide bonds. The topological polar surface area (TPSA) is 0 Å². The quantitative estimate of drug-likeness (QED) is 0.401. The summed E-state index contributed by atoms with van der Waals surface area (Å²) in [6.45, 7) is 0. The molecule has 0 bridgehead atoms.